The standard InChI is InChI=1S/C6H10O4/c7-5-3-1-4(9-2-3)10-6(5)8/h3-8H,1-2H2. The summed E-state index contributed by atoms with van der Waals surface area (Å²) in [6.45, 7) is 0.503. The van der Waals surface area contributed by atoms with Crippen LogP contribution in [0, 0.1) is 5.92 Å². The van der Waals surface area contributed by atoms with E-state index in [1.807, 2.05) is 0 Å². The van der Waals surface area contributed by atoms with Crippen LogP contribution in [0.15, 0.2) is 0 Å². The monoisotopic (exact) mass is 146 g/mol. The zero-order valence-corrected chi connectivity index (χ0v) is 5.43. The average molecular weight is 146 g/mol. The molecular weight excluding hydrogens is 136 g/mol. The Morgan fingerprint density at radius 2 is 2.10 bits per heavy atom. The smallest absolute Gasteiger partial charge is 0.184 e. The Hall–Kier alpha value is -0.160. The predicted molar refractivity (Wildman–Crippen MR) is 30.9 cm³/mol. The molecule has 2 fully saturated rings. The van der Waals surface area contributed by atoms with Crippen LogP contribution in [0.2, 0.25) is 0 Å². The van der Waals surface area contributed by atoms with Crippen molar-refractivity contribution in [2.24, 2.45) is 5.92 Å². The molecule has 2 saturated heterocycles. The summed E-state index contributed by atoms with van der Waals surface area (Å²) in [6.07, 6.45) is -1.40. The Bertz CT molecular complexity index is 138. The molecule has 0 aromatic rings. The lowest BCUT2D eigenvalue weighted by Crippen LogP contribution is -2.40. The molecular formula is C6H10O4. The van der Waals surface area contributed by atoms with E-state index in [1.165, 1.54) is 0 Å². The molecule has 10 heavy (non-hydrogen) atoms. The molecule has 0 amide bonds. The summed E-state index contributed by atoms with van der Waals surface area (Å²) in [7, 11) is 0. The number of rotatable bonds is 0. The van der Waals surface area contributed by atoms with Crippen LogP contribution in [0.1, 0.15) is 6.42 Å². The van der Waals surface area contributed by atoms with Crippen molar-refractivity contribution in [1.82, 2.24) is 0 Å². The quantitative estimate of drug-likeness (QED) is 0.463. The molecule has 2 aliphatic rings. The van der Waals surface area contributed by atoms with Crippen molar-refractivity contribution in [3.05, 3.63) is 0 Å². The average Bonchev–Trinajstić information content (AvgIpc) is 2.29. The molecule has 4 unspecified atom stereocenters. The van der Waals surface area contributed by atoms with Gasteiger partial charge >= 0.3 is 0 Å². The molecule has 0 aromatic carbocycles. The van der Waals surface area contributed by atoms with E-state index in [2.05, 4.69) is 0 Å². The van der Waals surface area contributed by atoms with Gasteiger partial charge < -0.3 is 19.7 Å². The number of hydrogen-bond acceptors (Lipinski definition) is 4. The van der Waals surface area contributed by atoms with Crippen LogP contribution >= 0.6 is 0 Å². The van der Waals surface area contributed by atoms with Crippen LogP contribution in [0.5, 0.6) is 0 Å². The fourth-order valence-corrected chi connectivity index (χ4v) is 1.42. The van der Waals surface area contributed by atoms with Crippen molar-refractivity contribution in [2.45, 2.75) is 25.1 Å². The topological polar surface area (TPSA) is 58.9 Å². The lowest BCUT2D eigenvalue weighted by Gasteiger charge is -2.27. The first-order chi connectivity index (χ1) is 4.77. The molecule has 4 atom stereocenters. The van der Waals surface area contributed by atoms with E-state index in [-0.39, 0.29) is 12.2 Å². The lowest BCUT2D eigenvalue weighted by molar-refractivity contribution is -0.252. The first-order valence-corrected chi connectivity index (χ1v) is 3.40. The molecule has 4 nitrogen and oxygen atoms in total. The third-order valence-corrected chi connectivity index (χ3v) is 2.06. The van der Waals surface area contributed by atoms with Crippen molar-refractivity contribution in [1.29, 1.82) is 0 Å². The van der Waals surface area contributed by atoms with Crippen molar-refractivity contribution in [3.63, 3.8) is 0 Å². The SMILES string of the molecule is OC1OC2CC(CO2)C1O. The van der Waals surface area contributed by atoms with Gasteiger partial charge in [0.05, 0.1) is 6.61 Å². The zero-order chi connectivity index (χ0) is 7.14. The van der Waals surface area contributed by atoms with E-state index in [9.17, 15) is 5.11 Å². The number of hydrogen-bond donors (Lipinski definition) is 2. The van der Waals surface area contributed by atoms with Gasteiger partial charge in [-0.2, -0.15) is 0 Å². The summed E-state index contributed by atoms with van der Waals surface area (Å²) in [6, 6.07) is 0. The highest BCUT2D eigenvalue weighted by Gasteiger charge is 2.42. The Morgan fingerprint density at radius 3 is 2.90 bits per heavy atom. The summed E-state index contributed by atoms with van der Waals surface area (Å²) >= 11 is 0. The van der Waals surface area contributed by atoms with Gasteiger partial charge in [-0.1, -0.05) is 0 Å². The minimum absolute atomic E-state index is 0.0637. The van der Waals surface area contributed by atoms with Crippen LogP contribution in [-0.4, -0.2) is 35.5 Å². The summed E-state index contributed by atoms with van der Waals surface area (Å²) in [5.74, 6) is 0.0637. The largest absolute Gasteiger partial charge is 0.387 e. The van der Waals surface area contributed by atoms with E-state index < -0.39 is 12.4 Å². The van der Waals surface area contributed by atoms with Crippen LogP contribution in [0.3, 0.4) is 0 Å². The van der Waals surface area contributed by atoms with E-state index in [4.69, 9.17) is 14.6 Å². The molecule has 0 aliphatic carbocycles. The second-order valence-corrected chi connectivity index (χ2v) is 2.78. The highest BCUT2D eigenvalue weighted by molar-refractivity contribution is 4.81. The van der Waals surface area contributed by atoms with Crippen LogP contribution < -0.4 is 0 Å². The molecule has 4 heteroatoms. The lowest BCUT2D eigenvalue weighted by atomic mass is 9.99. The highest BCUT2D eigenvalue weighted by atomic mass is 16.7. The third-order valence-electron chi connectivity index (χ3n) is 2.06. The van der Waals surface area contributed by atoms with E-state index in [0.29, 0.717) is 13.0 Å². The number of ether oxygens (including phenoxy) is 2. The molecule has 0 saturated carbocycles. The molecule has 0 aromatic heterocycles. The third kappa shape index (κ3) is 0.845. The van der Waals surface area contributed by atoms with Crippen molar-refractivity contribution >= 4 is 0 Å². The molecule has 0 spiro atoms. The normalized spacial score (nSPS) is 53.4. The van der Waals surface area contributed by atoms with Gasteiger partial charge in [0.2, 0.25) is 0 Å². The summed E-state index contributed by atoms with van der Waals surface area (Å²) in [5.41, 5.74) is 0. The maximum Gasteiger partial charge on any atom is 0.184 e. The summed E-state index contributed by atoms with van der Waals surface area (Å²) in [4.78, 5) is 0. The van der Waals surface area contributed by atoms with Gasteiger partial charge in [-0.05, 0) is 0 Å². The van der Waals surface area contributed by atoms with Crippen LogP contribution in [0.4, 0.5) is 0 Å². The fourth-order valence-electron chi connectivity index (χ4n) is 1.42. The number of fused-ring (bicyclic) bond motifs is 2. The molecule has 58 valence electrons. The maximum absolute atomic E-state index is 9.21. The van der Waals surface area contributed by atoms with Crippen molar-refractivity contribution in [3.8, 4) is 0 Å². The fraction of sp³-hybridized carbons (Fsp3) is 1.00. The number of aliphatic hydroxyl groups is 2. The van der Waals surface area contributed by atoms with Gasteiger partial charge in [0.1, 0.15) is 6.10 Å². The van der Waals surface area contributed by atoms with Gasteiger partial charge in [-0.25, -0.2) is 0 Å². The molecule has 2 rings (SSSR count). The Balaban J connectivity index is 2.09. The summed E-state index contributed by atoms with van der Waals surface area (Å²) in [5, 5.41) is 18.2. The van der Waals surface area contributed by atoms with E-state index >= 15 is 0 Å². The van der Waals surface area contributed by atoms with Gasteiger partial charge in [0, 0.05) is 12.3 Å². The Labute approximate surface area is 58.4 Å². The van der Waals surface area contributed by atoms with Crippen molar-refractivity contribution in [2.75, 3.05) is 6.61 Å². The van der Waals surface area contributed by atoms with Crippen LogP contribution in [0.25, 0.3) is 0 Å². The molecule has 0 radical (unpaired) electrons. The van der Waals surface area contributed by atoms with Gasteiger partial charge in [-0.3, -0.25) is 0 Å². The molecule has 2 heterocycles. The maximum atomic E-state index is 9.21. The zero-order valence-electron chi connectivity index (χ0n) is 5.43. The predicted octanol–water partition coefficient (Wildman–Crippen LogP) is -0.942. The summed E-state index contributed by atoms with van der Waals surface area (Å²) < 4.78 is 9.95. The Morgan fingerprint density at radius 1 is 1.30 bits per heavy atom. The van der Waals surface area contributed by atoms with Gasteiger partial charge in [0.25, 0.3) is 0 Å². The Kier molecular flexibility index (Phi) is 1.42. The minimum atomic E-state index is -1.05. The number of aliphatic hydroxyl groups excluding tert-OH is 2. The van der Waals surface area contributed by atoms with Crippen molar-refractivity contribution < 1.29 is 19.7 Å². The van der Waals surface area contributed by atoms with E-state index in [0.717, 1.165) is 0 Å². The second kappa shape index (κ2) is 2.17. The minimum Gasteiger partial charge on any atom is -0.387 e. The first-order valence-electron chi connectivity index (χ1n) is 3.40. The van der Waals surface area contributed by atoms with Gasteiger partial charge in [-0.15, -0.1) is 0 Å². The molecule has 2 aliphatic heterocycles. The highest BCUT2D eigenvalue weighted by Crippen LogP contribution is 2.31. The van der Waals surface area contributed by atoms with Gasteiger partial charge in [0.15, 0.2) is 12.6 Å². The van der Waals surface area contributed by atoms with E-state index in [1.54, 1.807) is 0 Å². The molecule has 2 N–H and O–H groups in total. The van der Waals surface area contributed by atoms with Crippen LogP contribution in [-0.2, 0) is 9.47 Å². The second-order valence-electron chi connectivity index (χ2n) is 2.78. The molecule has 2 bridgehead atoms. The first kappa shape index (κ1) is 6.54.